The van der Waals surface area contributed by atoms with E-state index in [0.717, 1.165) is 5.56 Å². The number of nitro benzene ring substituents is 1. The number of furan rings is 1. The highest BCUT2D eigenvalue weighted by Crippen LogP contribution is 2.28. The normalized spacial score (nSPS) is 10.5. The summed E-state index contributed by atoms with van der Waals surface area (Å²) >= 11 is 0. The summed E-state index contributed by atoms with van der Waals surface area (Å²) in [6, 6.07) is 7.84. The topological polar surface area (TPSA) is 104 Å². The fourth-order valence-electron chi connectivity index (χ4n) is 2.12. The Morgan fingerprint density at radius 3 is 2.84 bits per heavy atom. The lowest BCUT2D eigenvalue weighted by molar-refractivity contribution is -0.386. The van der Waals surface area contributed by atoms with E-state index in [2.05, 4.69) is 5.32 Å². The smallest absolute Gasteiger partial charge is 0.311 e. The molecule has 8 nitrogen and oxygen atoms in total. The van der Waals surface area contributed by atoms with Gasteiger partial charge in [0.15, 0.2) is 11.5 Å². The molecule has 25 heavy (non-hydrogen) atoms. The van der Waals surface area contributed by atoms with Gasteiger partial charge < -0.3 is 19.2 Å². The van der Waals surface area contributed by atoms with Crippen molar-refractivity contribution in [3.8, 4) is 5.75 Å². The lowest BCUT2D eigenvalue weighted by Crippen LogP contribution is -2.24. The number of aryl methyl sites for hydroxylation is 1. The summed E-state index contributed by atoms with van der Waals surface area (Å²) in [4.78, 5) is 22.5. The van der Waals surface area contributed by atoms with Crippen LogP contribution in [-0.2, 0) is 11.3 Å². The van der Waals surface area contributed by atoms with Crippen molar-refractivity contribution < 1.29 is 23.6 Å². The van der Waals surface area contributed by atoms with Crippen molar-refractivity contribution in [2.24, 2.45) is 0 Å². The maximum Gasteiger partial charge on any atom is 0.311 e. The minimum absolute atomic E-state index is 0.0130. The van der Waals surface area contributed by atoms with E-state index in [9.17, 15) is 14.9 Å². The molecule has 0 unspecified atom stereocenters. The lowest BCUT2D eigenvalue weighted by Gasteiger charge is -2.06. The Hall–Kier alpha value is -2.87. The van der Waals surface area contributed by atoms with E-state index in [-0.39, 0.29) is 29.7 Å². The van der Waals surface area contributed by atoms with Gasteiger partial charge in [0.25, 0.3) is 5.91 Å². The Labute approximate surface area is 144 Å². The van der Waals surface area contributed by atoms with Crippen molar-refractivity contribution in [3.05, 3.63) is 57.5 Å². The molecule has 0 fully saturated rings. The third-order valence-corrected chi connectivity index (χ3v) is 3.38. The van der Waals surface area contributed by atoms with E-state index in [4.69, 9.17) is 13.9 Å². The van der Waals surface area contributed by atoms with Crippen LogP contribution < -0.4 is 10.1 Å². The van der Waals surface area contributed by atoms with E-state index in [1.807, 2.05) is 0 Å². The molecule has 1 heterocycles. The van der Waals surface area contributed by atoms with Crippen molar-refractivity contribution >= 4 is 11.6 Å². The molecule has 0 aliphatic carbocycles. The van der Waals surface area contributed by atoms with Crippen LogP contribution in [0, 0.1) is 17.0 Å². The summed E-state index contributed by atoms with van der Waals surface area (Å²) in [7, 11) is 1.60. The molecule has 0 bridgehead atoms. The molecular formula is C17H20N2O6. The second-order valence-electron chi connectivity index (χ2n) is 5.39. The number of nitrogens with zero attached hydrogens (tertiary/aromatic N) is 1. The number of carbonyl (C=O) groups excluding carboxylic acids is 1. The van der Waals surface area contributed by atoms with Gasteiger partial charge in [-0.05, 0) is 37.1 Å². The second-order valence-corrected chi connectivity index (χ2v) is 5.39. The first-order valence-electron chi connectivity index (χ1n) is 7.75. The summed E-state index contributed by atoms with van der Waals surface area (Å²) in [5.74, 6) is 0.382. The first-order chi connectivity index (χ1) is 12.0. The fraction of sp³-hybridized carbons (Fsp3) is 0.353. The van der Waals surface area contributed by atoms with Crippen LogP contribution in [-0.4, -0.2) is 31.1 Å². The number of amides is 1. The molecule has 8 heteroatoms. The van der Waals surface area contributed by atoms with Crippen LogP contribution in [0.2, 0.25) is 0 Å². The maximum atomic E-state index is 11.9. The Balaban J connectivity index is 1.94. The average molecular weight is 348 g/mol. The Morgan fingerprint density at radius 1 is 1.32 bits per heavy atom. The van der Waals surface area contributed by atoms with E-state index < -0.39 is 4.92 Å². The zero-order chi connectivity index (χ0) is 18.2. The molecule has 134 valence electrons. The van der Waals surface area contributed by atoms with Crippen LogP contribution in [0.15, 0.2) is 34.7 Å². The van der Waals surface area contributed by atoms with Crippen molar-refractivity contribution in [2.75, 3.05) is 20.3 Å². The summed E-state index contributed by atoms with van der Waals surface area (Å²) in [5.41, 5.74) is 0.659. The first kappa shape index (κ1) is 18.5. The standard InChI is InChI=1S/C17H20N2O6/c1-12-4-6-15(14(10-12)19(21)22)24-11-13-5-7-16(25-13)17(20)18-8-3-9-23-2/h4-7,10H,3,8-9,11H2,1-2H3,(H,18,20). The molecule has 1 aromatic carbocycles. The number of rotatable bonds is 9. The van der Waals surface area contributed by atoms with Gasteiger partial charge in [0.1, 0.15) is 12.4 Å². The van der Waals surface area contributed by atoms with Gasteiger partial charge in [-0.2, -0.15) is 0 Å². The lowest BCUT2D eigenvalue weighted by atomic mass is 10.2. The van der Waals surface area contributed by atoms with Gasteiger partial charge in [0, 0.05) is 26.3 Å². The second kappa shape index (κ2) is 8.84. The van der Waals surface area contributed by atoms with E-state index in [1.165, 1.54) is 12.1 Å². The zero-order valence-corrected chi connectivity index (χ0v) is 14.1. The number of nitrogens with one attached hydrogen (secondary N) is 1. The Morgan fingerprint density at radius 2 is 2.12 bits per heavy atom. The number of benzene rings is 1. The SMILES string of the molecule is COCCCNC(=O)c1ccc(COc2ccc(C)cc2[N+](=O)[O-])o1. The zero-order valence-electron chi connectivity index (χ0n) is 14.1. The third-order valence-electron chi connectivity index (χ3n) is 3.38. The van der Waals surface area contributed by atoms with Gasteiger partial charge >= 0.3 is 5.69 Å². The van der Waals surface area contributed by atoms with Crippen molar-refractivity contribution in [1.29, 1.82) is 0 Å². The van der Waals surface area contributed by atoms with E-state index >= 15 is 0 Å². The first-order valence-corrected chi connectivity index (χ1v) is 7.75. The van der Waals surface area contributed by atoms with Crippen LogP contribution in [0.25, 0.3) is 0 Å². The Kier molecular flexibility index (Phi) is 6.53. The number of hydrogen-bond donors (Lipinski definition) is 1. The fourth-order valence-corrected chi connectivity index (χ4v) is 2.12. The van der Waals surface area contributed by atoms with Gasteiger partial charge in [0.05, 0.1) is 4.92 Å². The highest BCUT2D eigenvalue weighted by atomic mass is 16.6. The van der Waals surface area contributed by atoms with E-state index in [0.29, 0.717) is 25.3 Å². The van der Waals surface area contributed by atoms with Crippen molar-refractivity contribution in [2.45, 2.75) is 20.0 Å². The molecular weight excluding hydrogens is 328 g/mol. The van der Waals surface area contributed by atoms with E-state index in [1.54, 1.807) is 32.2 Å². The van der Waals surface area contributed by atoms with Gasteiger partial charge in [-0.25, -0.2) is 0 Å². The predicted molar refractivity (Wildman–Crippen MR) is 89.7 cm³/mol. The highest BCUT2D eigenvalue weighted by Gasteiger charge is 2.16. The van der Waals surface area contributed by atoms with Crippen LogP contribution >= 0.6 is 0 Å². The Bertz CT molecular complexity index is 740. The predicted octanol–water partition coefficient (Wildman–Crippen LogP) is 2.84. The molecule has 0 atom stereocenters. The molecule has 2 rings (SSSR count). The number of ether oxygens (including phenoxy) is 2. The summed E-state index contributed by atoms with van der Waals surface area (Å²) in [5, 5.41) is 13.8. The average Bonchev–Trinajstić information content (AvgIpc) is 3.06. The van der Waals surface area contributed by atoms with Crippen LogP contribution in [0.1, 0.15) is 28.3 Å². The molecule has 0 spiro atoms. The van der Waals surface area contributed by atoms with Crippen LogP contribution in [0.3, 0.4) is 0 Å². The summed E-state index contributed by atoms with van der Waals surface area (Å²) in [6.45, 7) is 2.79. The van der Waals surface area contributed by atoms with Crippen molar-refractivity contribution in [3.63, 3.8) is 0 Å². The van der Waals surface area contributed by atoms with Gasteiger partial charge in [-0.3, -0.25) is 14.9 Å². The molecule has 0 saturated heterocycles. The molecule has 2 aromatic rings. The molecule has 0 saturated carbocycles. The van der Waals surface area contributed by atoms with Crippen LogP contribution in [0.5, 0.6) is 5.75 Å². The molecule has 1 N–H and O–H groups in total. The third kappa shape index (κ3) is 5.32. The molecule has 0 aliphatic heterocycles. The number of carbonyl (C=O) groups is 1. The molecule has 1 aromatic heterocycles. The van der Waals surface area contributed by atoms with Crippen LogP contribution in [0.4, 0.5) is 5.69 Å². The minimum atomic E-state index is -0.497. The van der Waals surface area contributed by atoms with Gasteiger partial charge in [-0.15, -0.1) is 0 Å². The molecule has 0 aliphatic rings. The largest absolute Gasteiger partial charge is 0.479 e. The quantitative estimate of drug-likeness (QED) is 0.424. The number of hydrogen-bond acceptors (Lipinski definition) is 6. The molecule has 0 radical (unpaired) electrons. The number of nitro groups is 1. The highest BCUT2D eigenvalue weighted by molar-refractivity contribution is 5.91. The van der Waals surface area contributed by atoms with Gasteiger partial charge in [-0.1, -0.05) is 6.07 Å². The van der Waals surface area contributed by atoms with Crippen molar-refractivity contribution in [1.82, 2.24) is 5.32 Å². The summed E-state index contributed by atoms with van der Waals surface area (Å²) < 4.78 is 15.8. The molecule has 1 amide bonds. The van der Waals surface area contributed by atoms with Gasteiger partial charge in [0.2, 0.25) is 0 Å². The summed E-state index contributed by atoms with van der Waals surface area (Å²) in [6.07, 6.45) is 0.704. The number of methoxy groups -OCH3 is 1. The minimum Gasteiger partial charge on any atom is -0.479 e. The monoisotopic (exact) mass is 348 g/mol. The maximum absolute atomic E-state index is 11.9.